The third-order valence-electron chi connectivity index (χ3n) is 3.14. The molecule has 120 valence electrons. The minimum atomic E-state index is -3.37. The van der Waals surface area contributed by atoms with Crippen molar-refractivity contribution < 1.29 is 8.42 Å². The highest BCUT2D eigenvalue weighted by Crippen LogP contribution is 2.15. The number of nitriles is 1. The molecule has 8 nitrogen and oxygen atoms in total. The lowest BCUT2D eigenvalue weighted by Crippen LogP contribution is -2.33. The van der Waals surface area contributed by atoms with Crippen LogP contribution in [0.4, 0.5) is 0 Å². The van der Waals surface area contributed by atoms with Crippen molar-refractivity contribution >= 4 is 9.84 Å². The van der Waals surface area contributed by atoms with Crippen LogP contribution in [0.5, 0.6) is 0 Å². The van der Waals surface area contributed by atoms with Crippen LogP contribution in [0.25, 0.3) is 5.69 Å². The Hall–Kier alpha value is -2.73. The number of hydrogen-bond acceptors (Lipinski definition) is 6. The first-order valence-electron chi connectivity index (χ1n) is 6.86. The molecule has 1 aromatic heterocycles. The number of nitrogens with zero attached hydrogens (tertiary/aromatic N) is 3. The van der Waals surface area contributed by atoms with Gasteiger partial charge in [0.2, 0.25) is 5.69 Å². The van der Waals surface area contributed by atoms with Gasteiger partial charge < -0.3 is 0 Å². The van der Waals surface area contributed by atoms with Crippen molar-refractivity contribution in [2.75, 3.05) is 5.75 Å². The fourth-order valence-electron chi connectivity index (χ4n) is 1.90. The molecule has 0 aliphatic carbocycles. The lowest BCUT2D eigenvalue weighted by molar-refractivity contribution is 0.592. The molecule has 0 amide bonds. The van der Waals surface area contributed by atoms with Gasteiger partial charge in [0.05, 0.1) is 16.3 Å². The fraction of sp³-hybridized carbons (Fsp3) is 0.286. The Balaban J connectivity index is 2.44. The van der Waals surface area contributed by atoms with Crippen molar-refractivity contribution in [2.24, 2.45) is 0 Å². The van der Waals surface area contributed by atoms with Crippen LogP contribution in [0, 0.1) is 11.3 Å². The zero-order valence-corrected chi connectivity index (χ0v) is 13.1. The summed E-state index contributed by atoms with van der Waals surface area (Å²) < 4.78 is 25.0. The number of benzene rings is 1. The van der Waals surface area contributed by atoms with E-state index in [9.17, 15) is 18.0 Å². The molecule has 1 N–H and O–H groups in total. The molecule has 0 saturated heterocycles. The predicted octanol–water partition coefficient (Wildman–Crippen LogP) is 0.366. The topological polar surface area (TPSA) is 126 Å². The molecular formula is C14H14N4O4S. The van der Waals surface area contributed by atoms with Crippen molar-refractivity contribution in [2.45, 2.75) is 24.7 Å². The number of rotatable bonds is 5. The van der Waals surface area contributed by atoms with Crippen LogP contribution < -0.4 is 11.2 Å². The van der Waals surface area contributed by atoms with E-state index in [-0.39, 0.29) is 16.3 Å². The van der Waals surface area contributed by atoms with E-state index in [1.165, 1.54) is 24.3 Å². The standard InChI is InChI=1S/C14H14N4O4S/c1-2-3-8-23(21,22)11-6-4-10(5-7-11)18-14(20)16-13(19)12(9-15)17-18/h4-7H,2-3,8H2,1H3,(H,16,19,20). The van der Waals surface area contributed by atoms with Crippen molar-refractivity contribution in [3.8, 4) is 11.8 Å². The summed E-state index contributed by atoms with van der Waals surface area (Å²) in [5.41, 5.74) is -1.88. The fourth-order valence-corrected chi connectivity index (χ4v) is 3.35. The number of aromatic amines is 1. The van der Waals surface area contributed by atoms with Crippen molar-refractivity contribution in [3.05, 3.63) is 50.8 Å². The van der Waals surface area contributed by atoms with E-state index in [4.69, 9.17) is 5.26 Å². The van der Waals surface area contributed by atoms with E-state index >= 15 is 0 Å². The number of sulfone groups is 1. The van der Waals surface area contributed by atoms with Crippen LogP contribution in [0.1, 0.15) is 25.5 Å². The van der Waals surface area contributed by atoms with E-state index in [0.29, 0.717) is 6.42 Å². The normalized spacial score (nSPS) is 11.1. The highest BCUT2D eigenvalue weighted by Gasteiger charge is 2.14. The maximum Gasteiger partial charge on any atom is 0.349 e. The Morgan fingerprint density at radius 1 is 1.26 bits per heavy atom. The summed E-state index contributed by atoms with van der Waals surface area (Å²) in [6.45, 7) is 1.90. The molecule has 1 aromatic carbocycles. The van der Waals surface area contributed by atoms with E-state index < -0.39 is 26.8 Å². The molecule has 0 radical (unpaired) electrons. The van der Waals surface area contributed by atoms with Crippen LogP contribution >= 0.6 is 0 Å². The van der Waals surface area contributed by atoms with Crippen molar-refractivity contribution in [3.63, 3.8) is 0 Å². The SMILES string of the molecule is CCCCS(=O)(=O)c1ccc(-n2nc(C#N)c(=O)[nH]c2=O)cc1. The molecule has 0 saturated carbocycles. The molecule has 2 rings (SSSR count). The van der Waals surface area contributed by atoms with E-state index in [2.05, 4.69) is 5.10 Å². The number of hydrogen-bond donors (Lipinski definition) is 1. The first-order chi connectivity index (χ1) is 10.9. The third-order valence-corrected chi connectivity index (χ3v) is 4.96. The van der Waals surface area contributed by atoms with Gasteiger partial charge in [0.1, 0.15) is 6.07 Å². The summed E-state index contributed by atoms with van der Waals surface area (Å²) in [6, 6.07) is 7.11. The quantitative estimate of drug-likeness (QED) is 0.841. The zero-order chi connectivity index (χ0) is 17.0. The van der Waals surface area contributed by atoms with Gasteiger partial charge in [-0.15, -0.1) is 5.10 Å². The first-order valence-corrected chi connectivity index (χ1v) is 8.51. The number of unbranched alkanes of at least 4 members (excludes halogenated alkanes) is 1. The second kappa shape index (κ2) is 6.58. The second-order valence-electron chi connectivity index (χ2n) is 4.80. The maximum atomic E-state index is 12.1. The van der Waals surface area contributed by atoms with Gasteiger partial charge in [-0.05, 0) is 30.7 Å². The van der Waals surface area contributed by atoms with Gasteiger partial charge in [0.25, 0.3) is 5.56 Å². The Kier molecular flexibility index (Phi) is 4.76. The highest BCUT2D eigenvalue weighted by molar-refractivity contribution is 7.91. The van der Waals surface area contributed by atoms with E-state index in [1.807, 2.05) is 11.9 Å². The molecule has 0 spiro atoms. The summed E-state index contributed by atoms with van der Waals surface area (Å²) in [7, 11) is -3.37. The van der Waals surface area contributed by atoms with Crippen LogP contribution in [0.3, 0.4) is 0 Å². The molecular weight excluding hydrogens is 320 g/mol. The van der Waals surface area contributed by atoms with Crippen LogP contribution in [-0.4, -0.2) is 28.9 Å². The highest BCUT2D eigenvalue weighted by atomic mass is 32.2. The zero-order valence-electron chi connectivity index (χ0n) is 12.3. The van der Waals surface area contributed by atoms with Gasteiger partial charge in [0.15, 0.2) is 9.84 Å². The smallest absolute Gasteiger partial charge is 0.270 e. The molecule has 23 heavy (non-hydrogen) atoms. The Morgan fingerprint density at radius 3 is 2.48 bits per heavy atom. The predicted molar refractivity (Wildman–Crippen MR) is 82.1 cm³/mol. The molecule has 2 aromatic rings. The lowest BCUT2D eigenvalue weighted by Gasteiger charge is -2.06. The summed E-state index contributed by atoms with van der Waals surface area (Å²) in [6.07, 6.45) is 1.33. The minimum Gasteiger partial charge on any atom is -0.270 e. The summed E-state index contributed by atoms with van der Waals surface area (Å²) in [5, 5.41) is 12.4. The molecule has 0 bridgehead atoms. The van der Waals surface area contributed by atoms with Gasteiger partial charge in [-0.2, -0.15) is 9.94 Å². The summed E-state index contributed by atoms with van der Waals surface area (Å²) >= 11 is 0. The van der Waals surface area contributed by atoms with E-state index in [0.717, 1.165) is 11.1 Å². The van der Waals surface area contributed by atoms with Gasteiger partial charge >= 0.3 is 5.69 Å². The van der Waals surface area contributed by atoms with Crippen LogP contribution in [0.15, 0.2) is 38.8 Å². The molecule has 9 heteroatoms. The number of H-pyrrole nitrogens is 1. The van der Waals surface area contributed by atoms with Gasteiger partial charge in [-0.25, -0.2) is 13.2 Å². The van der Waals surface area contributed by atoms with Gasteiger partial charge in [-0.3, -0.25) is 9.78 Å². The van der Waals surface area contributed by atoms with Crippen molar-refractivity contribution in [1.82, 2.24) is 14.8 Å². The van der Waals surface area contributed by atoms with Gasteiger partial charge in [-0.1, -0.05) is 13.3 Å². The molecule has 0 aliphatic heterocycles. The van der Waals surface area contributed by atoms with Crippen molar-refractivity contribution in [1.29, 1.82) is 5.26 Å². The molecule has 0 unspecified atom stereocenters. The molecule has 0 atom stereocenters. The van der Waals surface area contributed by atoms with Crippen LogP contribution in [0.2, 0.25) is 0 Å². The number of aromatic nitrogens is 3. The minimum absolute atomic E-state index is 0.0539. The van der Waals surface area contributed by atoms with Crippen LogP contribution in [-0.2, 0) is 9.84 Å². The largest absolute Gasteiger partial charge is 0.349 e. The third kappa shape index (κ3) is 3.54. The Labute approximate surface area is 131 Å². The Morgan fingerprint density at radius 2 is 1.91 bits per heavy atom. The maximum absolute atomic E-state index is 12.1. The average molecular weight is 334 g/mol. The summed E-state index contributed by atoms with van der Waals surface area (Å²) in [5.74, 6) is 0.0539. The molecule has 0 fully saturated rings. The summed E-state index contributed by atoms with van der Waals surface area (Å²) in [4.78, 5) is 25.2. The van der Waals surface area contributed by atoms with Gasteiger partial charge in [0, 0.05) is 0 Å². The second-order valence-corrected chi connectivity index (χ2v) is 6.91. The molecule has 1 heterocycles. The molecule has 0 aliphatic rings. The number of nitrogens with one attached hydrogen (secondary N) is 1. The lowest BCUT2D eigenvalue weighted by atomic mass is 10.3. The monoisotopic (exact) mass is 334 g/mol. The first kappa shape index (κ1) is 16.6. The Bertz CT molecular complexity index is 966. The average Bonchev–Trinajstić information content (AvgIpc) is 2.53. The van der Waals surface area contributed by atoms with E-state index in [1.54, 1.807) is 6.07 Å².